The van der Waals surface area contributed by atoms with E-state index in [1.165, 1.54) is 0 Å². The first-order valence-corrected chi connectivity index (χ1v) is 8.01. The van der Waals surface area contributed by atoms with E-state index < -0.39 is 6.04 Å². The molecular weight excluding hydrogens is 345 g/mol. The zero-order valence-electron chi connectivity index (χ0n) is 13.0. The lowest BCUT2D eigenvalue weighted by Crippen LogP contribution is -2.49. The van der Waals surface area contributed by atoms with E-state index in [-0.39, 0.29) is 37.3 Å². The van der Waals surface area contributed by atoms with Gasteiger partial charge in [-0.3, -0.25) is 4.79 Å². The SMILES string of the molecule is CCc1csc(C2CCCN(C(=O)C(N)COC)C2)n1.Cl.Cl. The number of carbonyl (C=O) groups excluding carboxylic acids is 1. The molecule has 8 heteroatoms. The lowest BCUT2D eigenvalue weighted by Gasteiger charge is -2.33. The van der Waals surface area contributed by atoms with Gasteiger partial charge in [-0.05, 0) is 19.3 Å². The van der Waals surface area contributed by atoms with Crippen LogP contribution in [-0.4, -0.2) is 48.6 Å². The summed E-state index contributed by atoms with van der Waals surface area (Å²) in [5, 5.41) is 3.27. The Morgan fingerprint density at radius 2 is 2.32 bits per heavy atom. The quantitative estimate of drug-likeness (QED) is 0.863. The van der Waals surface area contributed by atoms with Gasteiger partial charge in [0.25, 0.3) is 0 Å². The molecule has 1 amide bonds. The number of amides is 1. The number of hydrogen-bond donors (Lipinski definition) is 1. The lowest BCUT2D eigenvalue weighted by atomic mass is 9.98. The predicted molar refractivity (Wildman–Crippen MR) is 94.4 cm³/mol. The second kappa shape index (κ2) is 10.4. The van der Waals surface area contributed by atoms with Gasteiger partial charge in [0.1, 0.15) is 6.04 Å². The van der Waals surface area contributed by atoms with Crippen molar-refractivity contribution >= 4 is 42.1 Å². The van der Waals surface area contributed by atoms with Crippen LogP contribution in [0.5, 0.6) is 0 Å². The molecule has 128 valence electrons. The Morgan fingerprint density at radius 3 is 2.91 bits per heavy atom. The molecule has 1 aromatic heterocycles. The van der Waals surface area contributed by atoms with E-state index in [1.807, 2.05) is 4.90 Å². The summed E-state index contributed by atoms with van der Waals surface area (Å²) in [4.78, 5) is 18.7. The van der Waals surface area contributed by atoms with Crippen LogP contribution >= 0.6 is 36.2 Å². The van der Waals surface area contributed by atoms with Crippen molar-refractivity contribution in [2.45, 2.75) is 38.1 Å². The smallest absolute Gasteiger partial charge is 0.241 e. The van der Waals surface area contributed by atoms with Crippen LogP contribution in [0.25, 0.3) is 0 Å². The third-order valence-electron chi connectivity index (χ3n) is 3.68. The second-order valence-corrected chi connectivity index (χ2v) is 6.11. The van der Waals surface area contributed by atoms with Crippen LogP contribution in [0.1, 0.15) is 36.4 Å². The zero-order valence-corrected chi connectivity index (χ0v) is 15.4. The van der Waals surface area contributed by atoms with E-state index in [2.05, 4.69) is 17.3 Å². The molecular formula is C14H25Cl2N3O2S. The van der Waals surface area contributed by atoms with Gasteiger partial charge in [-0.2, -0.15) is 0 Å². The highest BCUT2D eigenvalue weighted by Crippen LogP contribution is 2.29. The zero-order chi connectivity index (χ0) is 14.5. The molecule has 2 rings (SSSR count). The molecule has 5 nitrogen and oxygen atoms in total. The fourth-order valence-corrected chi connectivity index (χ4v) is 3.57. The summed E-state index contributed by atoms with van der Waals surface area (Å²) >= 11 is 1.71. The average Bonchev–Trinajstić information content (AvgIpc) is 2.96. The second-order valence-electron chi connectivity index (χ2n) is 5.22. The summed E-state index contributed by atoms with van der Waals surface area (Å²) in [5.74, 6) is 0.344. The molecule has 0 spiro atoms. The summed E-state index contributed by atoms with van der Waals surface area (Å²) < 4.78 is 4.96. The van der Waals surface area contributed by atoms with Crippen LogP contribution in [0.3, 0.4) is 0 Å². The molecule has 2 unspecified atom stereocenters. The number of nitrogens with zero attached hydrogens (tertiary/aromatic N) is 2. The van der Waals surface area contributed by atoms with E-state index in [0.717, 1.165) is 43.1 Å². The molecule has 22 heavy (non-hydrogen) atoms. The normalized spacial score (nSPS) is 19.0. The minimum atomic E-state index is -0.554. The minimum Gasteiger partial charge on any atom is -0.383 e. The first-order chi connectivity index (χ1) is 9.65. The number of likely N-dealkylation sites (tertiary alicyclic amines) is 1. The maximum absolute atomic E-state index is 12.2. The predicted octanol–water partition coefficient (Wildman–Crippen LogP) is 2.23. The molecule has 2 atom stereocenters. The van der Waals surface area contributed by atoms with E-state index in [0.29, 0.717) is 5.92 Å². The molecule has 1 saturated heterocycles. The van der Waals surface area contributed by atoms with Crippen LogP contribution < -0.4 is 5.73 Å². The number of piperidine rings is 1. The van der Waals surface area contributed by atoms with Crippen molar-refractivity contribution in [1.29, 1.82) is 0 Å². The number of carbonyl (C=O) groups is 1. The van der Waals surface area contributed by atoms with Crippen LogP contribution in [0.2, 0.25) is 0 Å². The number of thiazole rings is 1. The topological polar surface area (TPSA) is 68.5 Å². The van der Waals surface area contributed by atoms with Crippen molar-refractivity contribution < 1.29 is 9.53 Å². The fourth-order valence-electron chi connectivity index (χ4n) is 2.54. The number of ether oxygens (including phenoxy) is 1. The van der Waals surface area contributed by atoms with Crippen molar-refractivity contribution in [3.8, 4) is 0 Å². The molecule has 1 fully saturated rings. The van der Waals surface area contributed by atoms with E-state index in [4.69, 9.17) is 10.5 Å². The Morgan fingerprint density at radius 1 is 1.59 bits per heavy atom. The van der Waals surface area contributed by atoms with Gasteiger partial charge in [0.05, 0.1) is 17.3 Å². The van der Waals surface area contributed by atoms with E-state index >= 15 is 0 Å². The first kappa shape index (κ1) is 21.6. The Bertz CT molecular complexity index is 459. The summed E-state index contributed by atoms with van der Waals surface area (Å²) in [6, 6.07) is -0.554. The molecule has 0 aromatic carbocycles. The highest BCUT2D eigenvalue weighted by molar-refractivity contribution is 7.09. The molecule has 1 aliphatic rings. The maximum atomic E-state index is 12.2. The van der Waals surface area contributed by atoms with Gasteiger partial charge in [-0.1, -0.05) is 6.92 Å². The van der Waals surface area contributed by atoms with Gasteiger partial charge in [0.2, 0.25) is 5.91 Å². The number of nitrogens with two attached hydrogens (primary N) is 1. The van der Waals surface area contributed by atoms with Crippen molar-refractivity contribution in [2.75, 3.05) is 26.8 Å². The van der Waals surface area contributed by atoms with Crippen molar-refractivity contribution in [2.24, 2.45) is 5.73 Å². The fraction of sp³-hybridized carbons (Fsp3) is 0.714. The molecule has 2 heterocycles. The van der Waals surface area contributed by atoms with Crippen molar-refractivity contribution in [3.63, 3.8) is 0 Å². The summed E-state index contributed by atoms with van der Waals surface area (Å²) in [5.41, 5.74) is 6.98. The first-order valence-electron chi connectivity index (χ1n) is 7.13. The van der Waals surface area contributed by atoms with Crippen LogP contribution in [-0.2, 0) is 16.0 Å². The molecule has 2 N–H and O–H groups in total. The van der Waals surface area contributed by atoms with E-state index in [9.17, 15) is 4.79 Å². The standard InChI is InChI=1S/C14H23N3O2S.2ClH/c1-3-11-9-20-13(16-11)10-5-4-6-17(7-10)14(18)12(15)8-19-2;;/h9-10,12H,3-8,15H2,1-2H3;2*1H. The Labute approximate surface area is 148 Å². The largest absolute Gasteiger partial charge is 0.383 e. The monoisotopic (exact) mass is 369 g/mol. The Hall–Kier alpha value is -0.400. The number of hydrogen-bond acceptors (Lipinski definition) is 5. The lowest BCUT2D eigenvalue weighted by molar-refractivity contribution is -0.135. The summed E-state index contributed by atoms with van der Waals surface area (Å²) in [6.07, 6.45) is 3.07. The highest BCUT2D eigenvalue weighted by atomic mass is 35.5. The number of methoxy groups -OCH3 is 1. The van der Waals surface area contributed by atoms with Crippen molar-refractivity contribution in [1.82, 2.24) is 9.88 Å². The third-order valence-corrected chi connectivity index (χ3v) is 4.73. The van der Waals surface area contributed by atoms with Gasteiger partial charge in [-0.15, -0.1) is 36.2 Å². The summed E-state index contributed by atoms with van der Waals surface area (Å²) in [6.45, 7) is 3.90. The van der Waals surface area contributed by atoms with Gasteiger partial charge >= 0.3 is 0 Å². The van der Waals surface area contributed by atoms with Gasteiger partial charge in [0, 0.05) is 31.5 Å². The number of rotatable bonds is 5. The Kier molecular flexibility index (Phi) is 10.2. The maximum Gasteiger partial charge on any atom is 0.241 e. The summed E-state index contributed by atoms with van der Waals surface area (Å²) in [7, 11) is 1.56. The molecule has 0 radical (unpaired) electrons. The minimum absolute atomic E-state index is 0. The van der Waals surface area contributed by atoms with Crippen LogP contribution in [0, 0.1) is 0 Å². The van der Waals surface area contributed by atoms with Gasteiger partial charge < -0.3 is 15.4 Å². The van der Waals surface area contributed by atoms with Crippen LogP contribution in [0.4, 0.5) is 0 Å². The molecule has 1 aromatic rings. The van der Waals surface area contributed by atoms with Gasteiger partial charge in [-0.25, -0.2) is 4.98 Å². The molecule has 1 aliphatic heterocycles. The highest BCUT2D eigenvalue weighted by Gasteiger charge is 2.29. The third kappa shape index (κ3) is 5.35. The van der Waals surface area contributed by atoms with Crippen molar-refractivity contribution in [3.05, 3.63) is 16.1 Å². The van der Waals surface area contributed by atoms with E-state index in [1.54, 1.807) is 18.4 Å². The molecule has 0 bridgehead atoms. The average molecular weight is 370 g/mol. The number of aromatic nitrogens is 1. The molecule has 0 saturated carbocycles. The molecule has 0 aliphatic carbocycles. The van der Waals surface area contributed by atoms with Crippen LogP contribution in [0.15, 0.2) is 5.38 Å². The number of aryl methyl sites for hydroxylation is 1. The van der Waals surface area contributed by atoms with Gasteiger partial charge in [0.15, 0.2) is 0 Å². The Balaban J connectivity index is 0.00000220. The number of halogens is 2.